The van der Waals surface area contributed by atoms with Gasteiger partial charge < -0.3 is 26.8 Å². The third-order valence-corrected chi connectivity index (χ3v) is 6.85. The Labute approximate surface area is 193 Å². The molecule has 1 aromatic carbocycles. The summed E-state index contributed by atoms with van der Waals surface area (Å²) in [7, 11) is -3.81. The van der Waals surface area contributed by atoms with Gasteiger partial charge >= 0.3 is 7.60 Å². The van der Waals surface area contributed by atoms with Crippen LogP contribution in [-0.4, -0.2) is 15.9 Å². The predicted octanol–water partition coefficient (Wildman–Crippen LogP) is 2.89. The second kappa shape index (κ2) is 12.5. The molecule has 0 bridgehead atoms. The molecule has 0 aliphatic rings. The summed E-state index contributed by atoms with van der Waals surface area (Å²) in [6.07, 6.45) is 10.3. The third kappa shape index (κ3) is 8.44. The lowest BCUT2D eigenvalue weighted by Crippen LogP contribution is -3.00. The third-order valence-electron chi connectivity index (χ3n) is 5.03. The summed E-state index contributed by atoms with van der Waals surface area (Å²) in [5.74, 6) is 0. The molecule has 3 aromatic rings. The number of unbranched alkanes of at least 4 members (excludes halogenated alkanes) is 5. The van der Waals surface area contributed by atoms with Gasteiger partial charge in [0.15, 0.2) is 12.4 Å². The molecule has 2 aromatic heterocycles. The van der Waals surface area contributed by atoms with E-state index in [9.17, 15) is 4.57 Å². The number of thiophene rings is 1. The van der Waals surface area contributed by atoms with Gasteiger partial charge in [-0.05, 0) is 41.0 Å². The number of pyridine rings is 1. The van der Waals surface area contributed by atoms with E-state index in [-0.39, 0.29) is 23.1 Å². The number of rotatable bonds is 11. The second-order valence-corrected chi connectivity index (χ2v) is 10.1. The highest BCUT2D eigenvalue weighted by Crippen LogP contribution is 2.35. The van der Waals surface area contributed by atoms with Crippen molar-refractivity contribution >= 4 is 18.9 Å². The Morgan fingerprint density at radius 2 is 1.33 bits per heavy atom. The second-order valence-electron chi connectivity index (χ2n) is 7.39. The summed E-state index contributed by atoms with van der Waals surface area (Å²) in [6, 6.07) is 17.3. The van der Waals surface area contributed by atoms with Crippen LogP contribution in [0.2, 0.25) is 0 Å². The first-order valence-corrected chi connectivity index (χ1v) is 12.9. The van der Waals surface area contributed by atoms with Gasteiger partial charge in [-0.3, -0.25) is 4.57 Å². The topological polar surface area (TPSA) is 61.4 Å². The molecule has 0 atom stereocenters. The van der Waals surface area contributed by atoms with Crippen molar-refractivity contribution in [2.24, 2.45) is 0 Å². The summed E-state index contributed by atoms with van der Waals surface area (Å²) < 4.78 is 13.0. The summed E-state index contributed by atoms with van der Waals surface area (Å²) in [4.78, 5) is 19.0. The molecule has 162 valence electrons. The van der Waals surface area contributed by atoms with Gasteiger partial charge in [-0.2, -0.15) is 0 Å². The van der Waals surface area contributed by atoms with Crippen LogP contribution in [0.3, 0.4) is 0 Å². The standard InChI is InChI=1S/C23H28NO3PS.BrH/c25-28(26,27)18-6-4-2-1-3-5-15-24-16-13-21(14-17-24)20-9-11-22(12-10-20)23-8-7-19-29-23;/h7-14,16-17,19H,1-6,15,18H2,(H-,25,26,27);1H. The largest absolute Gasteiger partial charge is 1.00 e. The maximum absolute atomic E-state index is 10.8. The Hall–Kier alpha value is -1.30. The molecule has 0 aliphatic carbocycles. The summed E-state index contributed by atoms with van der Waals surface area (Å²) in [5.41, 5.74) is 3.72. The fourth-order valence-electron chi connectivity index (χ4n) is 3.39. The van der Waals surface area contributed by atoms with E-state index in [2.05, 4.69) is 70.9 Å². The van der Waals surface area contributed by atoms with Gasteiger partial charge in [0, 0.05) is 29.6 Å². The van der Waals surface area contributed by atoms with Gasteiger partial charge in [-0.1, -0.05) is 49.6 Å². The van der Waals surface area contributed by atoms with Crippen molar-refractivity contribution in [3.63, 3.8) is 0 Å². The molecule has 0 saturated carbocycles. The van der Waals surface area contributed by atoms with E-state index >= 15 is 0 Å². The van der Waals surface area contributed by atoms with Gasteiger partial charge in [0.05, 0.1) is 0 Å². The van der Waals surface area contributed by atoms with Gasteiger partial charge in [0.2, 0.25) is 0 Å². The molecule has 4 nitrogen and oxygen atoms in total. The predicted molar refractivity (Wildman–Crippen MR) is 120 cm³/mol. The number of hydrogen-bond acceptors (Lipinski definition) is 2. The van der Waals surface area contributed by atoms with E-state index in [1.807, 2.05) is 0 Å². The molecule has 0 amide bonds. The monoisotopic (exact) mass is 509 g/mol. The molecule has 0 spiro atoms. The number of aryl methyl sites for hydroxylation is 1. The van der Waals surface area contributed by atoms with E-state index in [1.54, 1.807) is 11.3 Å². The highest BCUT2D eigenvalue weighted by atomic mass is 79.9. The van der Waals surface area contributed by atoms with Crippen LogP contribution >= 0.6 is 18.9 Å². The van der Waals surface area contributed by atoms with E-state index in [1.165, 1.54) is 21.6 Å². The van der Waals surface area contributed by atoms with Gasteiger partial charge in [0.1, 0.15) is 6.54 Å². The maximum atomic E-state index is 10.8. The van der Waals surface area contributed by atoms with E-state index in [4.69, 9.17) is 9.79 Å². The average Bonchev–Trinajstić information content (AvgIpc) is 3.25. The minimum atomic E-state index is -3.81. The highest BCUT2D eigenvalue weighted by Gasteiger charge is 2.11. The number of aromatic nitrogens is 1. The first-order valence-electron chi connectivity index (χ1n) is 10.2. The zero-order valence-electron chi connectivity index (χ0n) is 17.0. The lowest BCUT2D eigenvalue weighted by Gasteiger charge is -2.04. The number of halogens is 1. The summed E-state index contributed by atoms with van der Waals surface area (Å²) in [5, 5.41) is 2.10. The molecule has 0 fully saturated rings. The van der Waals surface area contributed by atoms with Crippen LogP contribution in [0.5, 0.6) is 0 Å². The normalized spacial score (nSPS) is 11.3. The number of nitrogens with zero attached hydrogens (tertiary/aromatic N) is 1. The van der Waals surface area contributed by atoms with Crippen LogP contribution in [0.15, 0.2) is 66.3 Å². The smallest absolute Gasteiger partial charge is 0.325 e. The average molecular weight is 510 g/mol. The van der Waals surface area contributed by atoms with Crippen LogP contribution < -0.4 is 21.5 Å². The lowest BCUT2D eigenvalue weighted by atomic mass is 10.0. The highest BCUT2D eigenvalue weighted by molar-refractivity contribution is 7.51. The van der Waals surface area contributed by atoms with Gasteiger partial charge in [-0.25, -0.2) is 4.57 Å². The van der Waals surface area contributed by atoms with Gasteiger partial charge in [0.25, 0.3) is 0 Å². The molecule has 3 rings (SSSR count). The molecule has 0 radical (unpaired) electrons. The van der Waals surface area contributed by atoms with Crippen LogP contribution in [0.4, 0.5) is 0 Å². The molecule has 2 N–H and O–H groups in total. The van der Waals surface area contributed by atoms with Crippen molar-refractivity contribution in [3.8, 4) is 21.6 Å². The SMILES string of the molecule is O=P(O)(O)CCCCCCCC[n+]1ccc(-c2ccc(-c3cccs3)cc2)cc1.[Br-]. The minimum Gasteiger partial charge on any atom is -1.00 e. The van der Waals surface area contributed by atoms with Crippen molar-refractivity contribution in [2.75, 3.05) is 6.16 Å². The molecular weight excluding hydrogens is 481 g/mol. The summed E-state index contributed by atoms with van der Waals surface area (Å²) >= 11 is 1.76. The van der Waals surface area contributed by atoms with Crippen molar-refractivity contribution in [1.82, 2.24) is 0 Å². The molecule has 7 heteroatoms. The molecule has 2 heterocycles. The van der Waals surface area contributed by atoms with Crippen molar-refractivity contribution in [1.29, 1.82) is 0 Å². The molecule has 30 heavy (non-hydrogen) atoms. The molecule has 0 unspecified atom stereocenters. The Morgan fingerprint density at radius 1 is 0.767 bits per heavy atom. The van der Waals surface area contributed by atoms with Crippen LogP contribution in [-0.2, 0) is 11.1 Å². The minimum absolute atomic E-state index is 0. The van der Waals surface area contributed by atoms with Crippen molar-refractivity contribution in [3.05, 3.63) is 66.3 Å². The lowest BCUT2D eigenvalue weighted by molar-refractivity contribution is -0.697. The maximum Gasteiger partial charge on any atom is 0.325 e. The van der Waals surface area contributed by atoms with E-state index < -0.39 is 7.60 Å². The number of hydrogen-bond donors (Lipinski definition) is 2. The van der Waals surface area contributed by atoms with Gasteiger partial charge in [-0.15, -0.1) is 11.3 Å². The van der Waals surface area contributed by atoms with Crippen LogP contribution in [0.25, 0.3) is 21.6 Å². The molecule has 0 aliphatic heterocycles. The van der Waals surface area contributed by atoms with Crippen molar-refractivity contribution in [2.45, 2.75) is 45.1 Å². The summed E-state index contributed by atoms with van der Waals surface area (Å²) in [6.45, 7) is 1.00. The fourth-order valence-corrected chi connectivity index (χ4v) is 4.76. The molecular formula is C23H29BrNO3PS. The van der Waals surface area contributed by atoms with E-state index in [0.29, 0.717) is 6.42 Å². The Balaban J connectivity index is 0.00000320. The molecule has 0 saturated heterocycles. The zero-order chi connectivity index (χ0) is 20.5. The number of benzene rings is 1. The Kier molecular flexibility index (Phi) is 10.4. The fraction of sp³-hybridized carbons (Fsp3) is 0.348. The van der Waals surface area contributed by atoms with Crippen LogP contribution in [0.1, 0.15) is 38.5 Å². The van der Waals surface area contributed by atoms with E-state index in [0.717, 1.165) is 38.6 Å². The van der Waals surface area contributed by atoms with Crippen molar-refractivity contribution < 1.29 is 35.9 Å². The first-order chi connectivity index (χ1) is 14.0. The van der Waals surface area contributed by atoms with Crippen LogP contribution in [0, 0.1) is 0 Å². The Morgan fingerprint density at radius 3 is 1.93 bits per heavy atom. The zero-order valence-corrected chi connectivity index (χ0v) is 20.3. The Bertz CT molecular complexity index is 909. The first kappa shape index (κ1) is 25.0. The quantitative estimate of drug-likeness (QED) is 0.237.